The van der Waals surface area contributed by atoms with Gasteiger partial charge in [0.2, 0.25) is 5.91 Å². The van der Waals surface area contributed by atoms with Crippen LogP contribution in [-0.2, 0) is 14.3 Å². The number of hydrogen-bond acceptors (Lipinski definition) is 5. The monoisotopic (exact) mass is 286 g/mol. The Morgan fingerprint density at radius 3 is 2.79 bits per heavy atom. The fraction of sp³-hybridized carbons (Fsp3) is 0.750. The number of thioether (sulfide) groups is 1. The quantitative estimate of drug-likeness (QED) is 0.758. The first kappa shape index (κ1) is 14.2. The molecule has 2 rings (SSSR count). The van der Waals surface area contributed by atoms with Gasteiger partial charge >= 0.3 is 6.09 Å². The van der Waals surface area contributed by atoms with Gasteiger partial charge in [-0.15, -0.1) is 11.8 Å². The van der Waals surface area contributed by atoms with E-state index >= 15 is 0 Å². The van der Waals surface area contributed by atoms with Crippen molar-refractivity contribution in [1.82, 2.24) is 10.2 Å². The average Bonchev–Trinajstić information content (AvgIpc) is 2.78. The molecule has 0 saturated carbocycles. The number of ether oxygens (including phenoxy) is 1. The number of amides is 2. The summed E-state index contributed by atoms with van der Waals surface area (Å²) >= 11 is 1.58. The normalized spacial score (nSPS) is 30.2. The zero-order valence-corrected chi connectivity index (χ0v) is 12.0. The number of aldehydes is 1. The van der Waals surface area contributed by atoms with Crippen LogP contribution in [0.3, 0.4) is 0 Å². The minimum atomic E-state index is -0.598. The van der Waals surface area contributed by atoms with Crippen LogP contribution in [0.15, 0.2) is 0 Å². The third kappa shape index (κ3) is 3.02. The molecule has 19 heavy (non-hydrogen) atoms. The molecule has 3 atom stereocenters. The van der Waals surface area contributed by atoms with Crippen LogP contribution in [0.2, 0.25) is 0 Å². The van der Waals surface area contributed by atoms with Gasteiger partial charge in [-0.1, -0.05) is 0 Å². The van der Waals surface area contributed by atoms with Crippen molar-refractivity contribution in [3.63, 3.8) is 0 Å². The molecule has 7 heteroatoms. The standard InChI is InChI=1S/C12H18N2O4S/c1-12(2,3)18-11(17)13-8-4-9-14(10(8)16)7(5-15)6-19-9/h5,7-9H,4,6H2,1-3H3,(H,13,17)/t7-,8-,9?/m1/s1. The van der Waals surface area contributed by atoms with Gasteiger partial charge in [-0.3, -0.25) is 4.79 Å². The van der Waals surface area contributed by atoms with Gasteiger partial charge in [0.1, 0.15) is 17.9 Å². The maximum atomic E-state index is 12.1. The fourth-order valence-electron chi connectivity index (χ4n) is 2.23. The maximum absolute atomic E-state index is 12.1. The summed E-state index contributed by atoms with van der Waals surface area (Å²) in [6.07, 6.45) is 0.716. The van der Waals surface area contributed by atoms with Crippen molar-refractivity contribution in [3.05, 3.63) is 0 Å². The van der Waals surface area contributed by atoms with Crippen LogP contribution in [-0.4, -0.2) is 52.0 Å². The first-order valence-electron chi connectivity index (χ1n) is 6.20. The highest BCUT2D eigenvalue weighted by Gasteiger charge is 2.48. The minimum Gasteiger partial charge on any atom is -0.444 e. The summed E-state index contributed by atoms with van der Waals surface area (Å²) in [5.41, 5.74) is -0.595. The molecule has 2 fully saturated rings. The molecule has 0 radical (unpaired) electrons. The lowest BCUT2D eigenvalue weighted by Crippen LogP contribution is -2.46. The topological polar surface area (TPSA) is 75.7 Å². The van der Waals surface area contributed by atoms with Gasteiger partial charge in [0.15, 0.2) is 0 Å². The molecule has 2 heterocycles. The second-order valence-electron chi connectivity index (χ2n) is 5.67. The highest BCUT2D eigenvalue weighted by molar-refractivity contribution is 8.00. The van der Waals surface area contributed by atoms with Crippen LogP contribution in [0.25, 0.3) is 0 Å². The number of fused-ring (bicyclic) bond motifs is 1. The number of alkyl carbamates (subject to hydrolysis) is 1. The van der Waals surface area contributed by atoms with Crippen molar-refractivity contribution in [3.8, 4) is 0 Å². The molecule has 0 aromatic heterocycles. The first-order chi connectivity index (χ1) is 8.81. The number of rotatable bonds is 2. The molecule has 0 bridgehead atoms. The lowest BCUT2D eigenvalue weighted by Gasteiger charge is -2.22. The molecule has 2 amide bonds. The average molecular weight is 286 g/mol. The number of nitrogens with one attached hydrogen (secondary N) is 1. The predicted molar refractivity (Wildman–Crippen MR) is 70.7 cm³/mol. The van der Waals surface area contributed by atoms with Gasteiger partial charge in [0.05, 0.1) is 11.4 Å². The van der Waals surface area contributed by atoms with E-state index in [0.29, 0.717) is 12.2 Å². The third-order valence-electron chi connectivity index (χ3n) is 2.96. The Kier molecular flexibility index (Phi) is 3.75. The van der Waals surface area contributed by atoms with Crippen molar-refractivity contribution in [1.29, 1.82) is 0 Å². The molecule has 0 aliphatic carbocycles. The van der Waals surface area contributed by atoms with Gasteiger partial charge in [0, 0.05) is 12.2 Å². The molecule has 0 aromatic rings. The Morgan fingerprint density at radius 2 is 2.21 bits per heavy atom. The summed E-state index contributed by atoms with van der Waals surface area (Å²) in [7, 11) is 0. The van der Waals surface area contributed by atoms with Crippen molar-refractivity contribution in [2.24, 2.45) is 0 Å². The number of hydrogen-bond donors (Lipinski definition) is 1. The van der Waals surface area contributed by atoms with Gasteiger partial charge in [-0.25, -0.2) is 4.79 Å². The van der Waals surface area contributed by atoms with E-state index in [1.165, 1.54) is 0 Å². The first-order valence-corrected chi connectivity index (χ1v) is 7.25. The lowest BCUT2D eigenvalue weighted by molar-refractivity contribution is -0.133. The van der Waals surface area contributed by atoms with Crippen molar-refractivity contribution < 1.29 is 19.1 Å². The Labute approximate surface area is 116 Å². The summed E-state index contributed by atoms with van der Waals surface area (Å²) in [5, 5.41) is 2.57. The summed E-state index contributed by atoms with van der Waals surface area (Å²) in [5.74, 6) is 0.442. The van der Waals surface area contributed by atoms with E-state index in [9.17, 15) is 14.4 Å². The van der Waals surface area contributed by atoms with E-state index in [4.69, 9.17) is 4.74 Å². The summed E-state index contributed by atoms with van der Waals surface area (Å²) < 4.78 is 5.13. The van der Waals surface area contributed by atoms with Crippen LogP contribution >= 0.6 is 11.8 Å². The SMILES string of the molecule is CC(C)(C)OC(=O)N[C@@H]1CC2SC[C@@H](C=O)N2C1=O. The summed E-state index contributed by atoms with van der Waals surface area (Å²) in [6, 6.07) is -0.956. The second kappa shape index (κ2) is 5.03. The van der Waals surface area contributed by atoms with E-state index in [0.717, 1.165) is 6.29 Å². The second-order valence-corrected chi connectivity index (χ2v) is 6.88. The molecule has 1 unspecified atom stereocenters. The third-order valence-corrected chi connectivity index (χ3v) is 4.30. The van der Waals surface area contributed by atoms with Crippen molar-refractivity contribution >= 4 is 30.0 Å². The molecule has 2 aliphatic heterocycles. The fourth-order valence-corrected chi connectivity index (χ4v) is 3.64. The molecule has 2 aliphatic rings. The van der Waals surface area contributed by atoms with E-state index in [1.54, 1.807) is 37.4 Å². The zero-order chi connectivity index (χ0) is 14.2. The van der Waals surface area contributed by atoms with Crippen LogP contribution in [0.5, 0.6) is 0 Å². The van der Waals surface area contributed by atoms with Gasteiger partial charge < -0.3 is 19.7 Å². The molecular weight excluding hydrogens is 268 g/mol. The summed E-state index contributed by atoms with van der Waals surface area (Å²) in [6.45, 7) is 5.29. The van der Waals surface area contributed by atoms with E-state index in [1.807, 2.05) is 0 Å². The molecule has 6 nitrogen and oxygen atoms in total. The van der Waals surface area contributed by atoms with Crippen molar-refractivity contribution in [2.45, 2.75) is 50.3 Å². The number of carbonyl (C=O) groups is 3. The summed E-state index contributed by atoms with van der Waals surface area (Å²) in [4.78, 5) is 36.3. The highest BCUT2D eigenvalue weighted by atomic mass is 32.2. The number of carbonyl (C=O) groups excluding carboxylic acids is 3. The van der Waals surface area contributed by atoms with E-state index in [2.05, 4.69) is 5.32 Å². The van der Waals surface area contributed by atoms with Crippen LogP contribution in [0.1, 0.15) is 27.2 Å². The Morgan fingerprint density at radius 1 is 1.53 bits per heavy atom. The largest absolute Gasteiger partial charge is 0.444 e. The van der Waals surface area contributed by atoms with Gasteiger partial charge in [0.25, 0.3) is 0 Å². The Hall–Kier alpha value is -1.24. The maximum Gasteiger partial charge on any atom is 0.408 e. The molecule has 0 spiro atoms. The highest BCUT2D eigenvalue weighted by Crippen LogP contribution is 2.37. The molecule has 0 aromatic carbocycles. The van der Waals surface area contributed by atoms with Crippen LogP contribution in [0.4, 0.5) is 4.79 Å². The Balaban J connectivity index is 1.96. The molecule has 106 valence electrons. The van der Waals surface area contributed by atoms with Gasteiger partial charge in [-0.05, 0) is 20.8 Å². The van der Waals surface area contributed by atoms with E-state index in [-0.39, 0.29) is 17.3 Å². The van der Waals surface area contributed by atoms with Crippen LogP contribution in [0, 0.1) is 0 Å². The van der Waals surface area contributed by atoms with E-state index < -0.39 is 17.7 Å². The van der Waals surface area contributed by atoms with Gasteiger partial charge in [-0.2, -0.15) is 0 Å². The molecular formula is C12H18N2O4S. The number of nitrogens with zero attached hydrogens (tertiary/aromatic N) is 1. The lowest BCUT2D eigenvalue weighted by atomic mass is 10.2. The minimum absolute atomic E-state index is 0.0114. The predicted octanol–water partition coefficient (Wildman–Crippen LogP) is 0.752. The van der Waals surface area contributed by atoms with Crippen LogP contribution < -0.4 is 5.32 Å². The Bertz CT molecular complexity index is 407. The van der Waals surface area contributed by atoms with Crippen molar-refractivity contribution in [2.75, 3.05) is 5.75 Å². The molecule has 1 N–H and O–H groups in total. The smallest absolute Gasteiger partial charge is 0.408 e. The zero-order valence-electron chi connectivity index (χ0n) is 11.2. The molecule has 2 saturated heterocycles.